The molecule has 166 valence electrons. The van der Waals surface area contributed by atoms with Gasteiger partial charge in [-0.2, -0.15) is 0 Å². The summed E-state index contributed by atoms with van der Waals surface area (Å²) in [6, 6.07) is 10.6. The molecule has 1 heterocycles. The van der Waals surface area contributed by atoms with Gasteiger partial charge in [-0.1, -0.05) is 36.8 Å². The van der Waals surface area contributed by atoms with Crippen LogP contribution in [0.4, 0.5) is 8.78 Å². The highest BCUT2D eigenvalue weighted by Gasteiger charge is 2.47. The van der Waals surface area contributed by atoms with Crippen molar-refractivity contribution >= 4 is 15.9 Å². The smallest absolute Gasteiger partial charge is 0.226 e. The summed E-state index contributed by atoms with van der Waals surface area (Å²) < 4.78 is 54.7. The third kappa shape index (κ3) is 4.96. The summed E-state index contributed by atoms with van der Waals surface area (Å²) in [4.78, 5) is 14.9. The number of carbonyl (C=O) groups is 1. The Hall–Kier alpha value is -2.32. The van der Waals surface area contributed by atoms with Gasteiger partial charge in [0.25, 0.3) is 0 Å². The molecular formula is C23H26F2N2O3S. The summed E-state index contributed by atoms with van der Waals surface area (Å²) in [7, 11) is -3.35. The van der Waals surface area contributed by atoms with Crippen LogP contribution in [0.2, 0.25) is 0 Å². The Labute approximate surface area is 181 Å². The molecule has 2 aromatic carbocycles. The Kier molecular flexibility index (Phi) is 6.12. The van der Waals surface area contributed by atoms with Crippen LogP contribution in [0.5, 0.6) is 0 Å². The maximum absolute atomic E-state index is 14.4. The number of sulfonamides is 1. The largest absolute Gasteiger partial charge is 0.341 e. The van der Waals surface area contributed by atoms with E-state index in [2.05, 4.69) is 4.72 Å². The van der Waals surface area contributed by atoms with Gasteiger partial charge in [0.2, 0.25) is 15.9 Å². The Balaban J connectivity index is 1.53. The van der Waals surface area contributed by atoms with E-state index in [4.69, 9.17) is 0 Å². The van der Waals surface area contributed by atoms with E-state index in [-0.39, 0.29) is 29.3 Å². The van der Waals surface area contributed by atoms with Crippen LogP contribution in [0.15, 0.2) is 42.5 Å². The van der Waals surface area contributed by atoms with Crippen molar-refractivity contribution in [1.29, 1.82) is 0 Å². The lowest BCUT2D eigenvalue weighted by Gasteiger charge is -2.25. The van der Waals surface area contributed by atoms with Crippen LogP contribution in [0, 0.1) is 17.6 Å². The third-order valence-electron chi connectivity index (χ3n) is 6.06. The van der Waals surface area contributed by atoms with E-state index < -0.39 is 21.7 Å². The second-order valence-corrected chi connectivity index (χ2v) is 10.3. The van der Waals surface area contributed by atoms with Gasteiger partial charge in [0.05, 0.1) is 11.8 Å². The molecule has 2 aliphatic rings. The van der Waals surface area contributed by atoms with E-state index in [9.17, 15) is 22.0 Å². The normalized spacial score (nSPS) is 24.0. The molecule has 1 saturated heterocycles. The first-order valence-electron chi connectivity index (χ1n) is 10.5. The molecule has 0 radical (unpaired) electrons. The van der Waals surface area contributed by atoms with Crippen molar-refractivity contribution in [3.05, 3.63) is 59.7 Å². The van der Waals surface area contributed by atoms with Crippen LogP contribution >= 0.6 is 0 Å². The molecular weight excluding hydrogens is 422 g/mol. The first kappa shape index (κ1) is 21.9. The molecule has 2 fully saturated rings. The molecule has 1 N–H and O–H groups in total. The fraction of sp³-hybridized carbons (Fsp3) is 0.435. The monoisotopic (exact) mass is 448 g/mol. The van der Waals surface area contributed by atoms with Gasteiger partial charge < -0.3 is 4.90 Å². The lowest BCUT2D eigenvalue weighted by Crippen LogP contribution is -2.44. The minimum absolute atomic E-state index is 0.0176. The number of amides is 1. The second kappa shape index (κ2) is 8.67. The second-order valence-electron chi connectivity index (χ2n) is 8.50. The van der Waals surface area contributed by atoms with Crippen molar-refractivity contribution in [2.24, 2.45) is 5.92 Å². The number of benzene rings is 2. The zero-order valence-corrected chi connectivity index (χ0v) is 18.2. The van der Waals surface area contributed by atoms with Crippen molar-refractivity contribution in [2.45, 2.75) is 37.6 Å². The quantitative estimate of drug-likeness (QED) is 0.759. The minimum Gasteiger partial charge on any atom is -0.341 e. The summed E-state index contributed by atoms with van der Waals surface area (Å²) in [6.07, 6.45) is 4.11. The van der Waals surface area contributed by atoms with E-state index in [1.807, 2.05) is 12.1 Å². The van der Waals surface area contributed by atoms with Crippen LogP contribution in [0.1, 0.15) is 37.2 Å². The van der Waals surface area contributed by atoms with Crippen molar-refractivity contribution in [3.63, 3.8) is 0 Å². The Morgan fingerprint density at radius 1 is 1.06 bits per heavy atom. The van der Waals surface area contributed by atoms with E-state index in [0.717, 1.165) is 24.7 Å². The zero-order valence-electron chi connectivity index (χ0n) is 17.4. The summed E-state index contributed by atoms with van der Waals surface area (Å²) in [6.45, 7) is 0.937. The average molecular weight is 449 g/mol. The van der Waals surface area contributed by atoms with Gasteiger partial charge in [-0.15, -0.1) is 0 Å². The van der Waals surface area contributed by atoms with Crippen LogP contribution in [-0.2, 0) is 14.8 Å². The van der Waals surface area contributed by atoms with Gasteiger partial charge in [-0.05, 0) is 48.4 Å². The molecule has 0 unspecified atom stereocenters. The molecule has 0 bridgehead atoms. The summed E-state index contributed by atoms with van der Waals surface area (Å²) in [5.74, 6) is -1.63. The highest BCUT2D eigenvalue weighted by atomic mass is 32.2. The van der Waals surface area contributed by atoms with Crippen molar-refractivity contribution in [3.8, 4) is 11.1 Å². The maximum atomic E-state index is 14.4. The molecule has 1 aliphatic heterocycles. The minimum atomic E-state index is -3.35. The number of hydrogen-bond donors (Lipinski definition) is 1. The lowest BCUT2D eigenvalue weighted by atomic mass is 9.95. The fourth-order valence-electron chi connectivity index (χ4n) is 4.59. The van der Waals surface area contributed by atoms with Gasteiger partial charge in [0.15, 0.2) is 0 Å². The SMILES string of the molecule is CS(=O)(=O)N[C@H]1CCCCN(C(=O)[C@H]2C[C@@H]2c2ccccc2-c2c(F)cccc2F)C1. The molecule has 0 spiro atoms. The number of halogens is 2. The van der Waals surface area contributed by atoms with E-state index in [1.54, 1.807) is 17.0 Å². The molecule has 1 saturated carbocycles. The van der Waals surface area contributed by atoms with E-state index >= 15 is 0 Å². The number of rotatable bonds is 5. The van der Waals surface area contributed by atoms with Gasteiger partial charge in [0.1, 0.15) is 11.6 Å². The highest BCUT2D eigenvalue weighted by molar-refractivity contribution is 7.88. The molecule has 5 nitrogen and oxygen atoms in total. The van der Waals surface area contributed by atoms with E-state index in [1.165, 1.54) is 18.2 Å². The molecule has 1 aliphatic carbocycles. The Morgan fingerprint density at radius 2 is 1.77 bits per heavy atom. The number of likely N-dealkylation sites (tertiary alicyclic amines) is 1. The van der Waals surface area contributed by atoms with Gasteiger partial charge in [0, 0.05) is 25.0 Å². The molecule has 0 aromatic heterocycles. The Bertz CT molecular complexity index is 1070. The topological polar surface area (TPSA) is 66.5 Å². The first-order chi connectivity index (χ1) is 14.7. The molecule has 8 heteroatoms. The standard InChI is InChI=1S/C23H26F2N2O3S/c1-31(29,30)26-15-7-4-5-12-27(14-15)23(28)19-13-18(19)16-8-2-3-9-17(16)22-20(24)10-6-11-21(22)25/h2-3,6,8-11,15,18-19,26H,4-5,7,12-14H2,1H3/t15-,18+,19-/m0/s1. The van der Waals surface area contributed by atoms with Crippen LogP contribution in [-0.4, -0.2) is 44.6 Å². The number of hydrogen-bond acceptors (Lipinski definition) is 3. The van der Waals surface area contributed by atoms with Gasteiger partial charge >= 0.3 is 0 Å². The fourth-order valence-corrected chi connectivity index (χ4v) is 5.39. The predicted molar refractivity (Wildman–Crippen MR) is 115 cm³/mol. The predicted octanol–water partition coefficient (Wildman–Crippen LogP) is 3.67. The molecule has 1 amide bonds. The number of carbonyl (C=O) groups excluding carboxylic acids is 1. The molecule has 3 atom stereocenters. The number of nitrogens with zero attached hydrogens (tertiary/aromatic N) is 1. The van der Waals surface area contributed by atoms with Crippen LogP contribution in [0.25, 0.3) is 11.1 Å². The zero-order chi connectivity index (χ0) is 22.2. The van der Waals surface area contributed by atoms with Crippen LogP contribution < -0.4 is 4.72 Å². The van der Waals surface area contributed by atoms with Gasteiger partial charge in [-0.3, -0.25) is 4.79 Å². The van der Waals surface area contributed by atoms with E-state index in [0.29, 0.717) is 31.5 Å². The number of nitrogens with one attached hydrogen (secondary N) is 1. The highest BCUT2D eigenvalue weighted by Crippen LogP contribution is 2.51. The summed E-state index contributed by atoms with van der Waals surface area (Å²) in [5.41, 5.74) is 1.18. The Morgan fingerprint density at radius 3 is 2.48 bits per heavy atom. The molecule has 31 heavy (non-hydrogen) atoms. The van der Waals surface area contributed by atoms with Crippen molar-refractivity contribution in [2.75, 3.05) is 19.3 Å². The molecule has 2 aromatic rings. The first-order valence-corrected chi connectivity index (χ1v) is 12.4. The maximum Gasteiger partial charge on any atom is 0.226 e. The van der Waals surface area contributed by atoms with Crippen molar-refractivity contribution in [1.82, 2.24) is 9.62 Å². The lowest BCUT2D eigenvalue weighted by molar-refractivity contribution is -0.132. The third-order valence-corrected chi connectivity index (χ3v) is 6.83. The van der Waals surface area contributed by atoms with Crippen LogP contribution in [0.3, 0.4) is 0 Å². The molecule has 4 rings (SSSR count). The average Bonchev–Trinajstić information content (AvgIpc) is 3.51. The summed E-state index contributed by atoms with van der Waals surface area (Å²) >= 11 is 0. The van der Waals surface area contributed by atoms with Crippen molar-refractivity contribution < 1.29 is 22.0 Å². The van der Waals surface area contributed by atoms with Gasteiger partial charge in [-0.25, -0.2) is 21.9 Å². The summed E-state index contributed by atoms with van der Waals surface area (Å²) in [5, 5.41) is 0.